The van der Waals surface area contributed by atoms with Gasteiger partial charge in [-0.05, 0) is 25.7 Å². The van der Waals surface area contributed by atoms with E-state index in [4.69, 9.17) is 5.11 Å². The van der Waals surface area contributed by atoms with Gasteiger partial charge in [0.15, 0.2) is 0 Å². The van der Waals surface area contributed by atoms with Crippen LogP contribution in [0.4, 0.5) is 4.79 Å². The van der Waals surface area contributed by atoms with E-state index in [1.807, 2.05) is 20.8 Å². The Morgan fingerprint density at radius 2 is 2.12 bits per heavy atom. The lowest BCUT2D eigenvalue weighted by Crippen LogP contribution is -2.47. The van der Waals surface area contributed by atoms with Gasteiger partial charge in [-0.15, -0.1) is 0 Å². The van der Waals surface area contributed by atoms with Crippen LogP contribution in [0.1, 0.15) is 33.6 Å². The van der Waals surface area contributed by atoms with Crippen molar-refractivity contribution in [3.05, 3.63) is 0 Å². The molecule has 5 nitrogen and oxygen atoms in total. The maximum atomic E-state index is 12.2. The molecule has 1 rings (SSSR count). The number of hydrogen-bond donors (Lipinski definition) is 1. The molecule has 0 bridgehead atoms. The molecule has 1 fully saturated rings. The third kappa shape index (κ3) is 3.91. The number of aliphatic carboxylic acids is 1. The summed E-state index contributed by atoms with van der Waals surface area (Å²) in [5.74, 6) is -0.679. The van der Waals surface area contributed by atoms with E-state index in [0.29, 0.717) is 6.54 Å². The summed E-state index contributed by atoms with van der Waals surface area (Å²) in [5.41, 5.74) is 0. The first-order valence-electron chi connectivity index (χ1n) is 6.19. The molecule has 1 aliphatic heterocycles. The Balaban J connectivity index is 2.67. The molecule has 0 saturated carbocycles. The summed E-state index contributed by atoms with van der Waals surface area (Å²) >= 11 is 0. The van der Waals surface area contributed by atoms with Gasteiger partial charge >= 0.3 is 12.0 Å². The monoisotopic (exact) mass is 242 g/mol. The zero-order valence-electron chi connectivity index (χ0n) is 10.8. The van der Waals surface area contributed by atoms with Crippen LogP contribution in [-0.2, 0) is 4.79 Å². The van der Waals surface area contributed by atoms with Gasteiger partial charge in [0.25, 0.3) is 0 Å². The van der Waals surface area contributed by atoms with Gasteiger partial charge in [-0.25, -0.2) is 4.79 Å². The normalized spacial score (nSPS) is 19.8. The average Bonchev–Trinajstić information content (AvgIpc) is 2.61. The van der Waals surface area contributed by atoms with Gasteiger partial charge in [-0.3, -0.25) is 4.79 Å². The average molecular weight is 242 g/mol. The minimum atomic E-state index is -0.953. The van der Waals surface area contributed by atoms with E-state index in [1.54, 1.807) is 4.90 Å². The van der Waals surface area contributed by atoms with E-state index in [2.05, 4.69) is 0 Å². The van der Waals surface area contributed by atoms with Crippen molar-refractivity contribution in [2.24, 2.45) is 5.92 Å². The highest BCUT2D eigenvalue weighted by atomic mass is 16.4. The number of carbonyl (C=O) groups is 2. The molecule has 17 heavy (non-hydrogen) atoms. The topological polar surface area (TPSA) is 60.9 Å². The number of likely N-dealkylation sites (tertiary alicyclic amines) is 1. The number of carbonyl (C=O) groups excluding carboxylic acids is 1. The summed E-state index contributed by atoms with van der Waals surface area (Å²) in [6.45, 7) is 7.01. The minimum Gasteiger partial charge on any atom is -0.480 e. The van der Waals surface area contributed by atoms with Crippen LogP contribution in [0.2, 0.25) is 0 Å². The van der Waals surface area contributed by atoms with Crippen molar-refractivity contribution in [3.8, 4) is 0 Å². The highest BCUT2D eigenvalue weighted by molar-refractivity contribution is 5.80. The largest absolute Gasteiger partial charge is 0.480 e. The van der Waals surface area contributed by atoms with Crippen LogP contribution in [0.25, 0.3) is 0 Å². The van der Waals surface area contributed by atoms with Gasteiger partial charge in [-0.2, -0.15) is 0 Å². The molecule has 2 amide bonds. The summed E-state index contributed by atoms with van der Waals surface area (Å²) in [4.78, 5) is 26.2. The Hall–Kier alpha value is -1.26. The standard InChI is InChI=1S/C12H22N2O3/c1-9(2)7-13(8-11(15)16)12(17)14-6-4-5-10(14)3/h9-10H,4-8H2,1-3H3,(H,15,16). The first-order valence-corrected chi connectivity index (χ1v) is 6.19. The molecule has 1 atom stereocenters. The molecule has 0 spiro atoms. The maximum absolute atomic E-state index is 12.2. The second-order valence-corrected chi connectivity index (χ2v) is 5.14. The molecule has 1 N–H and O–H groups in total. The number of carboxylic acids is 1. The Bertz CT molecular complexity index is 291. The van der Waals surface area contributed by atoms with Crippen molar-refractivity contribution in [2.75, 3.05) is 19.6 Å². The Kier molecular flexibility index (Phi) is 4.78. The van der Waals surface area contributed by atoms with Crippen molar-refractivity contribution in [2.45, 2.75) is 39.7 Å². The second-order valence-electron chi connectivity index (χ2n) is 5.14. The van der Waals surface area contributed by atoms with E-state index in [9.17, 15) is 9.59 Å². The predicted octanol–water partition coefficient (Wildman–Crippen LogP) is 1.63. The molecular weight excluding hydrogens is 220 g/mol. The number of carboxylic acid groups (broad SMARTS) is 1. The fraction of sp³-hybridized carbons (Fsp3) is 0.833. The van der Waals surface area contributed by atoms with E-state index in [0.717, 1.165) is 19.4 Å². The molecule has 1 saturated heterocycles. The molecule has 1 heterocycles. The SMILES string of the molecule is CC(C)CN(CC(=O)O)C(=O)N1CCCC1C. The third-order valence-electron chi connectivity index (χ3n) is 2.98. The molecule has 0 radical (unpaired) electrons. The van der Waals surface area contributed by atoms with E-state index in [1.165, 1.54) is 4.90 Å². The number of urea groups is 1. The molecule has 98 valence electrons. The smallest absolute Gasteiger partial charge is 0.323 e. The van der Waals surface area contributed by atoms with Gasteiger partial charge in [0.2, 0.25) is 0 Å². The minimum absolute atomic E-state index is 0.133. The number of amides is 2. The third-order valence-corrected chi connectivity index (χ3v) is 2.98. The van der Waals surface area contributed by atoms with E-state index >= 15 is 0 Å². The summed E-state index contributed by atoms with van der Waals surface area (Å²) in [5, 5.41) is 8.84. The lowest BCUT2D eigenvalue weighted by atomic mass is 10.2. The summed E-state index contributed by atoms with van der Waals surface area (Å²) in [6.07, 6.45) is 2.02. The summed E-state index contributed by atoms with van der Waals surface area (Å²) in [6, 6.07) is 0.0945. The van der Waals surface area contributed by atoms with Crippen molar-refractivity contribution < 1.29 is 14.7 Å². The highest BCUT2D eigenvalue weighted by Crippen LogP contribution is 2.18. The quantitative estimate of drug-likeness (QED) is 0.815. The van der Waals surface area contributed by atoms with Crippen LogP contribution in [0, 0.1) is 5.92 Å². The maximum Gasteiger partial charge on any atom is 0.323 e. The summed E-state index contributed by atoms with van der Waals surface area (Å²) in [7, 11) is 0. The second kappa shape index (κ2) is 5.89. The highest BCUT2D eigenvalue weighted by Gasteiger charge is 2.29. The Morgan fingerprint density at radius 1 is 1.47 bits per heavy atom. The molecule has 0 aliphatic carbocycles. The number of hydrogen-bond acceptors (Lipinski definition) is 2. The Morgan fingerprint density at radius 3 is 2.53 bits per heavy atom. The van der Waals surface area contributed by atoms with Gasteiger partial charge in [0, 0.05) is 19.1 Å². The molecule has 0 aromatic rings. The molecular formula is C12H22N2O3. The van der Waals surface area contributed by atoms with Gasteiger partial charge in [-0.1, -0.05) is 13.8 Å². The van der Waals surface area contributed by atoms with Crippen LogP contribution in [0.3, 0.4) is 0 Å². The molecule has 0 aromatic heterocycles. The van der Waals surface area contributed by atoms with Crippen molar-refractivity contribution >= 4 is 12.0 Å². The summed E-state index contributed by atoms with van der Waals surface area (Å²) < 4.78 is 0. The first-order chi connectivity index (χ1) is 7.91. The lowest BCUT2D eigenvalue weighted by molar-refractivity contribution is -0.137. The van der Waals surface area contributed by atoms with Gasteiger partial charge in [0.1, 0.15) is 6.54 Å². The van der Waals surface area contributed by atoms with Crippen molar-refractivity contribution in [1.82, 2.24) is 9.80 Å². The van der Waals surface area contributed by atoms with Crippen LogP contribution >= 0.6 is 0 Å². The number of rotatable bonds is 4. The van der Waals surface area contributed by atoms with Gasteiger partial charge in [0.05, 0.1) is 0 Å². The van der Waals surface area contributed by atoms with Crippen LogP contribution in [-0.4, -0.2) is 52.6 Å². The zero-order valence-corrected chi connectivity index (χ0v) is 10.8. The Labute approximate surface area is 102 Å². The molecule has 1 unspecified atom stereocenters. The van der Waals surface area contributed by atoms with Crippen molar-refractivity contribution in [1.29, 1.82) is 0 Å². The zero-order chi connectivity index (χ0) is 13.0. The van der Waals surface area contributed by atoms with Crippen molar-refractivity contribution in [3.63, 3.8) is 0 Å². The molecule has 0 aromatic carbocycles. The van der Waals surface area contributed by atoms with Gasteiger partial charge < -0.3 is 14.9 Å². The van der Waals surface area contributed by atoms with Crippen LogP contribution in [0.15, 0.2) is 0 Å². The fourth-order valence-electron chi connectivity index (χ4n) is 2.21. The van der Waals surface area contributed by atoms with Crippen LogP contribution in [0.5, 0.6) is 0 Å². The number of nitrogens with zero attached hydrogens (tertiary/aromatic N) is 2. The van der Waals surface area contributed by atoms with E-state index < -0.39 is 5.97 Å². The first kappa shape index (κ1) is 13.8. The van der Waals surface area contributed by atoms with Crippen LogP contribution < -0.4 is 0 Å². The molecule has 1 aliphatic rings. The molecule has 5 heteroatoms. The predicted molar refractivity (Wildman–Crippen MR) is 64.8 cm³/mol. The lowest BCUT2D eigenvalue weighted by Gasteiger charge is -2.30. The fourth-order valence-corrected chi connectivity index (χ4v) is 2.21. The van der Waals surface area contributed by atoms with E-state index in [-0.39, 0.29) is 24.5 Å².